The molecule has 5 heteroatoms. The van der Waals surface area contributed by atoms with Crippen LogP contribution in [0, 0.1) is 17.2 Å². The lowest BCUT2D eigenvalue weighted by Crippen LogP contribution is -2.72. The number of likely N-dealkylation sites (tertiary alicyclic amines) is 2. The van der Waals surface area contributed by atoms with E-state index in [0.717, 1.165) is 45.7 Å². The molecule has 128 valence electrons. The SMILES string of the molecule is CCOC[C@H]1CCN(C)C2(C1)CN(C(=O)c1cccc(C#N)c1)C2. The van der Waals surface area contributed by atoms with Crippen LogP contribution in [-0.2, 0) is 4.74 Å². The van der Waals surface area contributed by atoms with Crippen LogP contribution in [0.3, 0.4) is 0 Å². The van der Waals surface area contributed by atoms with E-state index in [1.165, 1.54) is 0 Å². The van der Waals surface area contributed by atoms with Crippen molar-refractivity contribution in [2.75, 3.05) is 39.9 Å². The van der Waals surface area contributed by atoms with Gasteiger partial charge in [-0.25, -0.2) is 0 Å². The highest BCUT2D eigenvalue weighted by atomic mass is 16.5. The van der Waals surface area contributed by atoms with Gasteiger partial charge in [0.15, 0.2) is 0 Å². The van der Waals surface area contributed by atoms with Crippen molar-refractivity contribution in [2.45, 2.75) is 25.3 Å². The van der Waals surface area contributed by atoms with Gasteiger partial charge in [-0.3, -0.25) is 9.69 Å². The minimum Gasteiger partial charge on any atom is -0.381 e. The van der Waals surface area contributed by atoms with E-state index in [-0.39, 0.29) is 11.4 Å². The molecule has 1 amide bonds. The number of piperidine rings is 1. The Morgan fingerprint density at radius 1 is 1.46 bits per heavy atom. The first-order chi connectivity index (χ1) is 11.6. The fourth-order valence-electron chi connectivity index (χ4n) is 3.92. The van der Waals surface area contributed by atoms with Gasteiger partial charge >= 0.3 is 0 Å². The Morgan fingerprint density at radius 3 is 2.96 bits per heavy atom. The standard InChI is InChI=1S/C19H25N3O2/c1-3-24-12-16-7-8-21(2)19(10-16)13-22(14-19)18(23)17-6-4-5-15(9-17)11-20/h4-6,9,16H,3,7-8,10,12-14H2,1-2H3/t16-/m0/s1. The molecular formula is C19H25N3O2. The molecule has 0 radical (unpaired) electrons. The number of rotatable bonds is 4. The van der Waals surface area contributed by atoms with Crippen molar-refractivity contribution in [1.82, 2.24) is 9.80 Å². The first-order valence-electron chi connectivity index (χ1n) is 8.66. The van der Waals surface area contributed by atoms with E-state index in [1.807, 2.05) is 11.8 Å². The summed E-state index contributed by atoms with van der Waals surface area (Å²) in [5.41, 5.74) is 1.23. The molecule has 0 bridgehead atoms. The van der Waals surface area contributed by atoms with Crippen LogP contribution >= 0.6 is 0 Å². The van der Waals surface area contributed by atoms with Crippen LogP contribution in [-0.4, -0.2) is 61.1 Å². The molecular weight excluding hydrogens is 302 g/mol. The van der Waals surface area contributed by atoms with E-state index in [2.05, 4.69) is 18.0 Å². The summed E-state index contributed by atoms with van der Waals surface area (Å²) in [7, 11) is 2.16. The molecule has 2 heterocycles. The third kappa shape index (κ3) is 3.17. The van der Waals surface area contributed by atoms with Crippen LogP contribution in [0.2, 0.25) is 0 Å². The molecule has 0 saturated carbocycles. The van der Waals surface area contributed by atoms with Gasteiger partial charge in [-0.05, 0) is 57.5 Å². The van der Waals surface area contributed by atoms with Crippen molar-refractivity contribution in [3.63, 3.8) is 0 Å². The number of nitriles is 1. The van der Waals surface area contributed by atoms with E-state index in [4.69, 9.17) is 10.00 Å². The largest absolute Gasteiger partial charge is 0.381 e. The average molecular weight is 327 g/mol. The van der Waals surface area contributed by atoms with E-state index in [9.17, 15) is 4.79 Å². The summed E-state index contributed by atoms with van der Waals surface area (Å²) in [5, 5.41) is 8.99. The van der Waals surface area contributed by atoms with Crippen molar-refractivity contribution in [1.29, 1.82) is 5.26 Å². The molecule has 1 atom stereocenters. The lowest BCUT2D eigenvalue weighted by molar-refractivity contribution is -0.0751. The molecule has 2 saturated heterocycles. The highest BCUT2D eigenvalue weighted by molar-refractivity contribution is 5.95. The van der Waals surface area contributed by atoms with Crippen molar-refractivity contribution < 1.29 is 9.53 Å². The Labute approximate surface area is 143 Å². The average Bonchev–Trinajstić information content (AvgIpc) is 2.58. The molecule has 24 heavy (non-hydrogen) atoms. The van der Waals surface area contributed by atoms with Crippen LogP contribution in [0.25, 0.3) is 0 Å². The topological polar surface area (TPSA) is 56.6 Å². The van der Waals surface area contributed by atoms with Gasteiger partial charge in [0.25, 0.3) is 5.91 Å². The molecule has 0 unspecified atom stereocenters. The zero-order valence-electron chi connectivity index (χ0n) is 14.5. The molecule has 1 aromatic rings. The second-order valence-corrected chi connectivity index (χ2v) is 7.02. The molecule has 3 rings (SSSR count). The number of amides is 1. The molecule has 2 aliphatic heterocycles. The zero-order valence-corrected chi connectivity index (χ0v) is 14.5. The summed E-state index contributed by atoms with van der Waals surface area (Å²) in [4.78, 5) is 17.0. The van der Waals surface area contributed by atoms with Crippen molar-refractivity contribution in [2.24, 2.45) is 5.92 Å². The van der Waals surface area contributed by atoms with Gasteiger partial charge in [0.05, 0.1) is 17.2 Å². The highest BCUT2D eigenvalue weighted by Crippen LogP contribution is 2.38. The molecule has 0 N–H and O–H groups in total. The summed E-state index contributed by atoms with van der Waals surface area (Å²) in [6.45, 7) is 6.21. The van der Waals surface area contributed by atoms with Crippen LogP contribution < -0.4 is 0 Å². The second kappa shape index (κ2) is 6.92. The second-order valence-electron chi connectivity index (χ2n) is 7.02. The Balaban J connectivity index is 1.64. The van der Waals surface area contributed by atoms with Crippen LogP contribution in [0.1, 0.15) is 35.7 Å². The van der Waals surface area contributed by atoms with E-state index < -0.39 is 0 Å². The maximum Gasteiger partial charge on any atom is 0.254 e. The monoisotopic (exact) mass is 327 g/mol. The maximum atomic E-state index is 12.7. The zero-order chi connectivity index (χ0) is 17.2. The van der Waals surface area contributed by atoms with Gasteiger partial charge in [0.2, 0.25) is 0 Å². The fraction of sp³-hybridized carbons (Fsp3) is 0.579. The number of nitrogens with zero attached hydrogens (tertiary/aromatic N) is 3. The van der Waals surface area contributed by atoms with Crippen LogP contribution in [0.5, 0.6) is 0 Å². The van der Waals surface area contributed by atoms with E-state index >= 15 is 0 Å². The predicted molar refractivity (Wildman–Crippen MR) is 91.6 cm³/mol. The number of ether oxygens (including phenoxy) is 1. The first kappa shape index (κ1) is 16.9. The number of likely N-dealkylation sites (N-methyl/N-ethyl adjacent to an activating group) is 1. The quantitative estimate of drug-likeness (QED) is 0.850. The number of carbonyl (C=O) groups is 1. The fourth-order valence-corrected chi connectivity index (χ4v) is 3.92. The summed E-state index contributed by atoms with van der Waals surface area (Å²) >= 11 is 0. The smallest absolute Gasteiger partial charge is 0.254 e. The summed E-state index contributed by atoms with van der Waals surface area (Å²) in [5.74, 6) is 0.610. The molecule has 2 fully saturated rings. The molecule has 1 spiro atoms. The van der Waals surface area contributed by atoms with Gasteiger partial charge in [0, 0.05) is 31.9 Å². The Kier molecular flexibility index (Phi) is 4.88. The minimum absolute atomic E-state index is 0.0260. The van der Waals surface area contributed by atoms with Crippen molar-refractivity contribution >= 4 is 5.91 Å². The molecule has 1 aromatic carbocycles. The highest BCUT2D eigenvalue weighted by Gasteiger charge is 2.50. The third-order valence-electron chi connectivity index (χ3n) is 5.41. The first-order valence-corrected chi connectivity index (χ1v) is 8.66. The number of carbonyl (C=O) groups excluding carboxylic acids is 1. The van der Waals surface area contributed by atoms with Crippen molar-refractivity contribution in [3.05, 3.63) is 35.4 Å². The Morgan fingerprint density at radius 2 is 2.25 bits per heavy atom. The van der Waals surface area contributed by atoms with Crippen LogP contribution in [0.4, 0.5) is 0 Å². The van der Waals surface area contributed by atoms with E-state index in [1.54, 1.807) is 24.3 Å². The summed E-state index contributed by atoms with van der Waals surface area (Å²) in [6.07, 6.45) is 2.25. The molecule has 0 aromatic heterocycles. The Hall–Kier alpha value is -1.90. The number of hydrogen-bond acceptors (Lipinski definition) is 4. The number of benzene rings is 1. The molecule has 0 aliphatic carbocycles. The van der Waals surface area contributed by atoms with Gasteiger partial charge in [-0.1, -0.05) is 6.07 Å². The van der Waals surface area contributed by atoms with Gasteiger partial charge < -0.3 is 9.64 Å². The lowest BCUT2D eigenvalue weighted by Gasteiger charge is -2.58. The molecule has 2 aliphatic rings. The van der Waals surface area contributed by atoms with Crippen molar-refractivity contribution in [3.8, 4) is 6.07 Å². The summed E-state index contributed by atoms with van der Waals surface area (Å²) in [6, 6.07) is 9.05. The lowest BCUT2D eigenvalue weighted by atomic mass is 9.75. The molecule has 5 nitrogen and oxygen atoms in total. The third-order valence-corrected chi connectivity index (χ3v) is 5.41. The Bertz CT molecular complexity index is 644. The predicted octanol–water partition coefficient (Wildman–Crippen LogP) is 2.13. The number of hydrogen-bond donors (Lipinski definition) is 0. The minimum atomic E-state index is 0.0260. The van der Waals surface area contributed by atoms with Gasteiger partial charge in [-0.2, -0.15) is 5.26 Å². The van der Waals surface area contributed by atoms with E-state index in [0.29, 0.717) is 17.0 Å². The normalized spacial score (nSPS) is 22.9. The van der Waals surface area contributed by atoms with Crippen LogP contribution in [0.15, 0.2) is 24.3 Å². The van der Waals surface area contributed by atoms with Gasteiger partial charge in [0.1, 0.15) is 0 Å². The summed E-state index contributed by atoms with van der Waals surface area (Å²) < 4.78 is 5.61. The van der Waals surface area contributed by atoms with Gasteiger partial charge in [-0.15, -0.1) is 0 Å². The maximum absolute atomic E-state index is 12.7.